The molecule has 0 unspecified atom stereocenters. The number of aromatic nitrogens is 1. The number of ether oxygens (including phenoxy) is 1. The number of ketones is 1. The van der Waals surface area contributed by atoms with Crippen LogP contribution in [0.15, 0.2) is 12.3 Å². The Labute approximate surface area is 142 Å². The lowest BCUT2D eigenvalue weighted by Gasteiger charge is -2.35. The Balaban J connectivity index is 1.90. The van der Waals surface area contributed by atoms with Gasteiger partial charge >= 0.3 is 5.97 Å². The molecule has 1 aromatic rings. The van der Waals surface area contributed by atoms with E-state index in [1.165, 1.54) is 25.6 Å². The Morgan fingerprint density at radius 3 is 2.62 bits per heavy atom. The summed E-state index contributed by atoms with van der Waals surface area (Å²) in [6, 6.07) is 1.55. The predicted octanol–water partition coefficient (Wildman–Crippen LogP) is 2.70. The van der Waals surface area contributed by atoms with Gasteiger partial charge in [0.2, 0.25) is 0 Å². The number of aromatic amines is 1. The lowest BCUT2D eigenvalue weighted by Crippen LogP contribution is -2.47. The Morgan fingerprint density at radius 2 is 2.00 bits per heavy atom. The van der Waals surface area contributed by atoms with Crippen LogP contribution >= 0.6 is 0 Å². The molecule has 1 aromatic heterocycles. The van der Waals surface area contributed by atoms with Crippen LogP contribution in [-0.4, -0.2) is 34.8 Å². The van der Waals surface area contributed by atoms with Crippen molar-refractivity contribution in [3.05, 3.63) is 23.5 Å². The Bertz CT molecular complexity index is 622. The SMILES string of the molecule is CC(=O)c1c[nH]c(C(=O)O[C@H](C)C(=O)N[C@@H]2CCC[C@@H](C)[C@H]2C)c1. The van der Waals surface area contributed by atoms with E-state index in [2.05, 4.69) is 24.1 Å². The fourth-order valence-corrected chi connectivity index (χ4v) is 3.08. The van der Waals surface area contributed by atoms with E-state index >= 15 is 0 Å². The minimum absolute atomic E-state index is 0.122. The van der Waals surface area contributed by atoms with Gasteiger partial charge in [-0.25, -0.2) is 4.79 Å². The van der Waals surface area contributed by atoms with Crippen LogP contribution < -0.4 is 5.32 Å². The number of carbonyl (C=O) groups is 3. The highest BCUT2D eigenvalue weighted by molar-refractivity contribution is 5.98. The van der Waals surface area contributed by atoms with Crippen molar-refractivity contribution in [2.75, 3.05) is 0 Å². The maximum Gasteiger partial charge on any atom is 0.355 e. The van der Waals surface area contributed by atoms with Crippen molar-refractivity contribution in [1.82, 2.24) is 10.3 Å². The van der Waals surface area contributed by atoms with E-state index < -0.39 is 12.1 Å². The number of rotatable bonds is 5. The fraction of sp³-hybridized carbons (Fsp3) is 0.611. The van der Waals surface area contributed by atoms with Gasteiger partial charge in [-0.15, -0.1) is 0 Å². The van der Waals surface area contributed by atoms with E-state index in [1.54, 1.807) is 6.92 Å². The van der Waals surface area contributed by atoms with Crippen molar-refractivity contribution in [1.29, 1.82) is 0 Å². The predicted molar refractivity (Wildman–Crippen MR) is 89.8 cm³/mol. The van der Waals surface area contributed by atoms with Crippen LogP contribution in [0.3, 0.4) is 0 Å². The quantitative estimate of drug-likeness (QED) is 0.640. The van der Waals surface area contributed by atoms with E-state index in [9.17, 15) is 14.4 Å². The topological polar surface area (TPSA) is 88.3 Å². The standard InChI is InChI=1S/C18H26N2O4/c1-10-6-5-7-15(11(10)2)20-17(22)13(4)24-18(23)16-8-14(9-19-16)12(3)21/h8-11,13,15,19H,5-7H2,1-4H3,(H,20,22)/t10-,11-,13-,15-/m1/s1. The molecule has 24 heavy (non-hydrogen) atoms. The molecule has 1 saturated carbocycles. The minimum Gasteiger partial charge on any atom is -0.448 e. The Hall–Kier alpha value is -2.11. The van der Waals surface area contributed by atoms with Gasteiger partial charge in [-0.1, -0.05) is 26.7 Å². The molecule has 2 rings (SSSR count). The fourth-order valence-electron chi connectivity index (χ4n) is 3.08. The summed E-state index contributed by atoms with van der Waals surface area (Å²) in [7, 11) is 0. The molecule has 0 bridgehead atoms. The van der Waals surface area contributed by atoms with E-state index in [1.807, 2.05) is 0 Å². The average molecular weight is 334 g/mol. The number of Topliss-reactive ketones (excluding diaryl/α,β-unsaturated/α-hetero) is 1. The summed E-state index contributed by atoms with van der Waals surface area (Å²) in [5.41, 5.74) is 0.573. The molecule has 4 atom stereocenters. The third-order valence-electron chi connectivity index (χ3n) is 5.00. The molecule has 0 saturated heterocycles. The molecule has 1 fully saturated rings. The molecule has 1 amide bonds. The number of esters is 1. The molecule has 132 valence electrons. The Morgan fingerprint density at radius 1 is 1.29 bits per heavy atom. The third kappa shape index (κ3) is 4.24. The molecule has 6 heteroatoms. The van der Waals surface area contributed by atoms with Gasteiger partial charge in [0.15, 0.2) is 11.9 Å². The zero-order valence-electron chi connectivity index (χ0n) is 14.7. The van der Waals surface area contributed by atoms with Crippen LogP contribution in [0.5, 0.6) is 0 Å². The molecule has 0 spiro atoms. The summed E-state index contributed by atoms with van der Waals surface area (Å²) in [4.78, 5) is 38.3. The highest BCUT2D eigenvalue weighted by Gasteiger charge is 2.30. The second-order valence-corrected chi connectivity index (χ2v) is 6.79. The summed E-state index contributed by atoms with van der Waals surface area (Å²) < 4.78 is 5.20. The van der Waals surface area contributed by atoms with E-state index in [4.69, 9.17) is 4.74 Å². The van der Waals surface area contributed by atoms with Gasteiger partial charge in [-0.05, 0) is 38.2 Å². The molecular weight excluding hydrogens is 308 g/mol. The number of hydrogen-bond donors (Lipinski definition) is 2. The molecule has 1 heterocycles. The van der Waals surface area contributed by atoms with Crippen molar-refractivity contribution >= 4 is 17.7 Å². The summed E-state index contributed by atoms with van der Waals surface area (Å²) in [5, 5.41) is 3.00. The van der Waals surface area contributed by atoms with Crippen molar-refractivity contribution in [2.45, 2.75) is 59.1 Å². The van der Waals surface area contributed by atoms with Crippen LogP contribution in [0.1, 0.15) is 67.8 Å². The molecule has 0 radical (unpaired) electrons. The highest BCUT2D eigenvalue weighted by Crippen LogP contribution is 2.29. The first-order chi connectivity index (χ1) is 11.3. The van der Waals surface area contributed by atoms with Crippen molar-refractivity contribution < 1.29 is 19.1 Å². The third-order valence-corrected chi connectivity index (χ3v) is 5.00. The summed E-state index contributed by atoms with van der Waals surface area (Å²) in [6.45, 7) is 7.32. The normalized spacial score (nSPS) is 24.9. The van der Waals surface area contributed by atoms with Crippen LogP contribution in [0.4, 0.5) is 0 Å². The van der Waals surface area contributed by atoms with E-state index in [0.29, 0.717) is 17.4 Å². The summed E-state index contributed by atoms with van der Waals surface area (Å²) in [6.07, 6.45) is 3.81. The zero-order valence-corrected chi connectivity index (χ0v) is 14.7. The first kappa shape index (κ1) is 18.2. The van der Waals surface area contributed by atoms with Gasteiger partial charge in [-0.3, -0.25) is 9.59 Å². The maximum absolute atomic E-state index is 12.3. The van der Waals surface area contributed by atoms with E-state index in [0.717, 1.165) is 12.8 Å². The molecule has 0 aliphatic heterocycles. The van der Waals surface area contributed by atoms with Gasteiger partial charge < -0.3 is 15.0 Å². The second kappa shape index (κ2) is 7.64. The molecule has 0 aromatic carbocycles. The molecular formula is C18H26N2O4. The van der Waals surface area contributed by atoms with Crippen molar-refractivity contribution in [2.24, 2.45) is 11.8 Å². The first-order valence-corrected chi connectivity index (χ1v) is 8.50. The maximum atomic E-state index is 12.3. The van der Waals surface area contributed by atoms with Gasteiger partial charge in [0, 0.05) is 17.8 Å². The number of nitrogens with one attached hydrogen (secondary N) is 2. The van der Waals surface area contributed by atoms with Crippen LogP contribution in [0.25, 0.3) is 0 Å². The lowest BCUT2D eigenvalue weighted by atomic mass is 9.78. The molecule has 1 aliphatic carbocycles. The van der Waals surface area contributed by atoms with Gasteiger partial charge in [0.05, 0.1) is 0 Å². The van der Waals surface area contributed by atoms with E-state index in [-0.39, 0.29) is 23.4 Å². The van der Waals surface area contributed by atoms with Crippen molar-refractivity contribution in [3.8, 4) is 0 Å². The molecule has 2 N–H and O–H groups in total. The van der Waals surface area contributed by atoms with Gasteiger partial charge in [0.1, 0.15) is 5.69 Å². The largest absolute Gasteiger partial charge is 0.448 e. The number of carbonyl (C=O) groups excluding carboxylic acids is 3. The van der Waals surface area contributed by atoms with Gasteiger partial charge in [-0.2, -0.15) is 0 Å². The summed E-state index contributed by atoms with van der Waals surface area (Å²) >= 11 is 0. The van der Waals surface area contributed by atoms with Crippen LogP contribution in [0.2, 0.25) is 0 Å². The van der Waals surface area contributed by atoms with Gasteiger partial charge in [0.25, 0.3) is 5.91 Å². The monoisotopic (exact) mass is 334 g/mol. The highest BCUT2D eigenvalue weighted by atomic mass is 16.5. The van der Waals surface area contributed by atoms with Crippen molar-refractivity contribution in [3.63, 3.8) is 0 Å². The molecule has 1 aliphatic rings. The second-order valence-electron chi connectivity index (χ2n) is 6.79. The summed E-state index contributed by atoms with van der Waals surface area (Å²) in [5.74, 6) is -0.0858. The number of hydrogen-bond acceptors (Lipinski definition) is 4. The van der Waals surface area contributed by atoms with Crippen LogP contribution in [0, 0.1) is 11.8 Å². The minimum atomic E-state index is -0.883. The first-order valence-electron chi connectivity index (χ1n) is 8.50. The zero-order chi connectivity index (χ0) is 17.9. The number of amides is 1. The number of H-pyrrole nitrogens is 1. The van der Waals surface area contributed by atoms with Crippen LogP contribution in [-0.2, 0) is 9.53 Å². The molecule has 6 nitrogen and oxygen atoms in total. The average Bonchev–Trinajstić information content (AvgIpc) is 3.02. The lowest BCUT2D eigenvalue weighted by molar-refractivity contribution is -0.130. The Kier molecular flexibility index (Phi) is 5.80. The smallest absolute Gasteiger partial charge is 0.355 e.